The van der Waals surface area contributed by atoms with Gasteiger partial charge in [-0.1, -0.05) is 6.07 Å². The quantitative estimate of drug-likeness (QED) is 0.759. The molecule has 1 aromatic carbocycles. The predicted molar refractivity (Wildman–Crippen MR) is 89.2 cm³/mol. The number of aromatic nitrogens is 2. The van der Waals surface area contributed by atoms with E-state index in [1.807, 2.05) is 6.92 Å². The van der Waals surface area contributed by atoms with Crippen molar-refractivity contribution in [1.82, 2.24) is 14.9 Å². The van der Waals surface area contributed by atoms with Crippen molar-refractivity contribution in [2.75, 3.05) is 20.6 Å². The number of nitrogens with zero attached hydrogens (tertiary/aromatic N) is 2. The van der Waals surface area contributed by atoms with Gasteiger partial charge >= 0.3 is 0 Å². The lowest BCUT2D eigenvalue weighted by atomic mass is 10.0. The Hall–Kier alpha value is -2.07. The molecule has 0 unspecified atom stereocenters. The summed E-state index contributed by atoms with van der Waals surface area (Å²) in [7, 11) is 4.22. The Morgan fingerprint density at radius 1 is 1.18 bits per heavy atom. The van der Waals surface area contributed by atoms with Gasteiger partial charge in [-0.2, -0.15) is 0 Å². The molecule has 2 heterocycles. The molecule has 0 aliphatic carbocycles. The Labute approximate surface area is 131 Å². The van der Waals surface area contributed by atoms with Gasteiger partial charge in [-0.05, 0) is 57.1 Å². The third-order valence-electron chi connectivity index (χ3n) is 3.96. The molecule has 0 atom stereocenters. The zero-order valence-corrected chi connectivity index (χ0v) is 13.5. The van der Waals surface area contributed by atoms with E-state index in [0.717, 1.165) is 37.5 Å². The predicted octanol–water partition coefficient (Wildman–Crippen LogP) is 3.35. The van der Waals surface area contributed by atoms with Gasteiger partial charge in [-0.3, -0.25) is 0 Å². The van der Waals surface area contributed by atoms with E-state index in [1.54, 1.807) is 6.20 Å². The molecule has 0 saturated heterocycles. The standard InChI is InChI=1S/C18H23N3O/c1-13-11-20-18(22-13)7-5-14-4-6-17-16(10-14)15(12-19-17)8-9-21(2)3/h4,6,10-12,19H,5,7-9H2,1-3H3. The number of nitrogens with one attached hydrogen (secondary N) is 1. The van der Waals surface area contributed by atoms with Crippen molar-refractivity contribution in [3.05, 3.63) is 53.4 Å². The molecule has 3 aromatic rings. The summed E-state index contributed by atoms with van der Waals surface area (Å²) in [6.07, 6.45) is 6.78. The molecule has 0 radical (unpaired) electrons. The van der Waals surface area contributed by atoms with E-state index >= 15 is 0 Å². The van der Waals surface area contributed by atoms with Gasteiger partial charge in [-0.15, -0.1) is 0 Å². The number of rotatable bonds is 6. The van der Waals surface area contributed by atoms with Crippen molar-refractivity contribution in [1.29, 1.82) is 0 Å². The van der Waals surface area contributed by atoms with Crippen LogP contribution in [0.5, 0.6) is 0 Å². The van der Waals surface area contributed by atoms with E-state index in [1.165, 1.54) is 22.0 Å². The van der Waals surface area contributed by atoms with Gasteiger partial charge in [0.15, 0.2) is 5.89 Å². The fourth-order valence-corrected chi connectivity index (χ4v) is 2.70. The first kappa shape index (κ1) is 14.9. The van der Waals surface area contributed by atoms with E-state index in [0.29, 0.717) is 0 Å². The molecule has 4 nitrogen and oxygen atoms in total. The van der Waals surface area contributed by atoms with E-state index in [2.05, 4.69) is 53.4 Å². The molecule has 3 rings (SSSR count). The maximum atomic E-state index is 5.54. The zero-order chi connectivity index (χ0) is 15.5. The molecule has 0 amide bonds. The van der Waals surface area contributed by atoms with Gasteiger partial charge in [0.2, 0.25) is 0 Å². The summed E-state index contributed by atoms with van der Waals surface area (Å²) >= 11 is 0. The molecule has 0 spiro atoms. The Bertz CT molecular complexity index is 755. The van der Waals surface area contributed by atoms with Crippen molar-refractivity contribution in [2.45, 2.75) is 26.2 Å². The highest BCUT2D eigenvalue weighted by atomic mass is 16.3. The summed E-state index contributed by atoms with van der Waals surface area (Å²) < 4.78 is 5.54. The second kappa shape index (κ2) is 6.36. The van der Waals surface area contributed by atoms with Crippen molar-refractivity contribution in [3.63, 3.8) is 0 Å². The third kappa shape index (κ3) is 3.39. The number of oxazole rings is 1. The molecule has 0 saturated carbocycles. The van der Waals surface area contributed by atoms with E-state index < -0.39 is 0 Å². The number of benzene rings is 1. The number of fused-ring (bicyclic) bond motifs is 1. The van der Waals surface area contributed by atoms with Gasteiger partial charge in [0.25, 0.3) is 0 Å². The average molecular weight is 297 g/mol. The van der Waals surface area contributed by atoms with Gasteiger partial charge < -0.3 is 14.3 Å². The number of hydrogen-bond acceptors (Lipinski definition) is 3. The highest BCUT2D eigenvalue weighted by molar-refractivity contribution is 5.83. The van der Waals surface area contributed by atoms with E-state index in [4.69, 9.17) is 4.42 Å². The third-order valence-corrected chi connectivity index (χ3v) is 3.96. The van der Waals surface area contributed by atoms with Crippen LogP contribution in [-0.4, -0.2) is 35.5 Å². The Balaban J connectivity index is 1.74. The molecule has 0 fully saturated rings. The smallest absolute Gasteiger partial charge is 0.194 e. The van der Waals surface area contributed by atoms with Crippen LogP contribution >= 0.6 is 0 Å². The molecule has 0 bridgehead atoms. The molecule has 22 heavy (non-hydrogen) atoms. The number of likely N-dealkylation sites (N-methyl/N-ethyl adjacent to an activating group) is 1. The van der Waals surface area contributed by atoms with Gasteiger partial charge in [0.05, 0.1) is 6.20 Å². The highest BCUT2D eigenvalue weighted by Gasteiger charge is 2.07. The molecular formula is C18H23N3O. The second-order valence-corrected chi connectivity index (χ2v) is 6.11. The lowest BCUT2D eigenvalue weighted by molar-refractivity contribution is 0.414. The fraction of sp³-hybridized carbons (Fsp3) is 0.389. The highest BCUT2D eigenvalue weighted by Crippen LogP contribution is 2.21. The van der Waals surface area contributed by atoms with E-state index in [9.17, 15) is 0 Å². The van der Waals surface area contributed by atoms with Crippen LogP contribution in [0.25, 0.3) is 10.9 Å². The Morgan fingerprint density at radius 2 is 2.05 bits per heavy atom. The lowest BCUT2D eigenvalue weighted by Gasteiger charge is -2.08. The van der Waals surface area contributed by atoms with Crippen molar-refractivity contribution >= 4 is 10.9 Å². The Kier molecular flexibility index (Phi) is 4.29. The number of hydrogen-bond donors (Lipinski definition) is 1. The first-order chi connectivity index (χ1) is 10.6. The fourth-order valence-electron chi connectivity index (χ4n) is 2.70. The van der Waals surface area contributed by atoms with Crippen molar-refractivity contribution in [2.24, 2.45) is 0 Å². The van der Waals surface area contributed by atoms with Crippen LogP contribution in [-0.2, 0) is 19.3 Å². The monoisotopic (exact) mass is 297 g/mol. The molecule has 2 aromatic heterocycles. The summed E-state index contributed by atoms with van der Waals surface area (Å²) in [5, 5.41) is 1.34. The van der Waals surface area contributed by atoms with Crippen LogP contribution in [0.1, 0.15) is 22.8 Å². The maximum absolute atomic E-state index is 5.54. The van der Waals surface area contributed by atoms with Crippen LogP contribution in [0.3, 0.4) is 0 Å². The van der Waals surface area contributed by atoms with Gasteiger partial charge in [0.1, 0.15) is 5.76 Å². The summed E-state index contributed by atoms with van der Waals surface area (Å²) in [4.78, 5) is 9.85. The minimum Gasteiger partial charge on any atom is -0.446 e. The molecule has 0 aliphatic heterocycles. The second-order valence-electron chi connectivity index (χ2n) is 6.11. The Morgan fingerprint density at radius 3 is 2.77 bits per heavy atom. The number of H-pyrrole nitrogens is 1. The molecule has 1 N–H and O–H groups in total. The van der Waals surface area contributed by atoms with Crippen molar-refractivity contribution in [3.8, 4) is 0 Å². The average Bonchev–Trinajstić information content (AvgIpc) is 3.08. The molecule has 4 heteroatoms. The summed E-state index contributed by atoms with van der Waals surface area (Å²) in [5.41, 5.74) is 3.93. The summed E-state index contributed by atoms with van der Waals surface area (Å²) in [5.74, 6) is 1.70. The number of aryl methyl sites for hydroxylation is 3. The molecular weight excluding hydrogens is 274 g/mol. The SMILES string of the molecule is Cc1cnc(CCc2ccc3[nH]cc(CCN(C)C)c3c2)o1. The molecule has 0 aliphatic rings. The van der Waals surface area contributed by atoms with Crippen molar-refractivity contribution < 1.29 is 4.42 Å². The first-order valence-electron chi connectivity index (χ1n) is 7.77. The van der Waals surface area contributed by atoms with Crippen LogP contribution in [0.2, 0.25) is 0 Å². The van der Waals surface area contributed by atoms with Crippen LogP contribution in [0.15, 0.2) is 35.0 Å². The minimum atomic E-state index is 0.819. The van der Waals surface area contributed by atoms with Crippen LogP contribution < -0.4 is 0 Å². The van der Waals surface area contributed by atoms with E-state index in [-0.39, 0.29) is 0 Å². The normalized spacial score (nSPS) is 11.6. The lowest BCUT2D eigenvalue weighted by Crippen LogP contribution is -2.14. The first-order valence-corrected chi connectivity index (χ1v) is 7.77. The zero-order valence-electron chi connectivity index (χ0n) is 13.5. The van der Waals surface area contributed by atoms with Crippen LogP contribution in [0, 0.1) is 6.92 Å². The maximum Gasteiger partial charge on any atom is 0.194 e. The number of aromatic amines is 1. The van der Waals surface area contributed by atoms with Crippen LogP contribution in [0.4, 0.5) is 0 Å². The van der Waals surface area contributed by atoms with Gasteiger partial charge in [-0.25, -0.2) is 4.98 Å². The summed E-state index contributed by atoms with van der Waals surface area (Å²) in [6.45, 7) is 2.99. The minimum absolute atomic E-state index is 0.819. The largest absolute Gasteiger partial charge is 0.446 e. The topological polar surface area (TPSA) is 45.1 Å². The molecule has 116 valence electrons. The summed E-state index contributed by atoms with van der Waals surface area (Å²) in [6, 6.07) is 6.65. The van der Waals surface area contributed by atoms with Gasteiger partial charge in [0, 0.05) is 30.1 Å².